The molecule has 0 bridgehead atoms. The Morgan fingerprint density at radius 2 is 2.12 bits per heavy atom. The maximum Gasteiger partial charge on any atom is 0.232 e. The first-order valence-electron chi connectivity index (χ1n) is 6.28. The summed E-state index contributed by atoms with van der Waals surface area (Å²) in [5.74, 6) is 2.87. The van der Waals surface area contributed by atoms with Crippen LogP contribution in [-0.2, 0) is 4.79 Å². The zero-order valence-electron chi connectivity index (χ0n) is 10.5. The second-order valence-corrected chi connectivity index (χ2v) is 5.54. The molecule has 1 rings (SSSR count). The molecule has 0 unspecified atom stereocenters. The summed E-state index contributed by atoms with van der Waals surface area (Å²) in [7, 11) is 2.00. The lowest BCUT2D eigenvalue weighted by molar-refractivity contribution is -0.129. The van der Waals surface area contributed by atoms with Gasteiger partial charge in [-0.2, -0.15) is 11.8 Å². The SMILES string of the molecule is CCCSCC(=O)N1CCC(CNC)CC1. The Bertz CT molecular complexity index is 203. The average Bonchev–Trinajstić information content (AvgIpc) is 2.30. The summed E-state index contributed by atoms with van der Waals surface area (Å²) in [6, 6.07) is 0. The van der Waals surface area contributed by atoms with Crippen LogP contribution in [0.1, 0.15) is 26.2 Å². The predicted molar refractivity (Wildman–Crippen MR) is 70.8 cm³/mol. The minimum atomic E-state index is 0.335. The van der Waals surface area contributed by atoms with E-state index in [1.165, 1.54) is 0 Å². The van der Waals surface area contributed by atoms with E-state index < -0.39 is 0 Å². The number of carbonyl (C=O) groups is 1. The van der Waals surface area contributed by atoms with E-state index in [-0.39, 0.29) is 0 Å². The second kappa shape index (κ2) is 7.96. The molecule has 0 radical (unpaired) electrons. The van der Waals surface area contributed by atoms with E-state index in [0.29, 0.717) is 11.7 Å². The summed E-state index contributed by atoms with van der Waals surface area (Å²) in [5, 5.41) is 3.22. The molecule has 4 heteroatoms. The van der Waals surface area contributed by atoms with Crippen LogP contribution in [0.4, 0.5) is 0 Å². The monoisotopic (exact) mass is 244 g/mol. The zero-order chi connectivity index (χ0) is 11.8. The van der Waals surface area contributed by atoms with Crippen LogP contribution in [0.25, 0.3) is 0 Å². The van der Waals surface area contributed by atoms with Crippen LogP contribution >= 0.6 is 11.8 Å². The first kappa shape index (κ1) is 13.8. The number of amides is 1. The number of piperidine rings is 1. The van der Waals surface area contributed by atoms with E-state index in [1.807, 2.05) is 11.9 Å². The molecule has 1 aliphatic heterocycles. The van der Waals surface area contributed by atoms with Gasteiger partial charge < -0.3 is 10.2 Å². The molecule has 1 N–H and O–H groups in total. The Morgan fingerprint density at radius 1 is 1.44 bits per heavy atom. The van der Waals surface area contributed by atoms with E-state index in [4.69, 9.17) is 0 Å². The third-order valence-electron chi connectivity index (χ3n) is 3.03. The molecule has 0 saturated carbocycles. The molecule has 1 amide bonds. The van der Waals surface area contributed by atoms with Gasteiger partial charge in [-0.1, -0.05) is 6.92 Å². The van der Waals surface area contributed by atoms with Gasteiger partial charge >= 0.3 is 0 Å². The summed E-state index contributed by atoms with van der Waals surface area (Å²) >= 11 is 1.76. The number of likely N-dealkylation sites (tertiary alicyclic amines) is 1. The Morgan fingerprint density at radius 3 is 2.69 bits per heavy atom. The van der Waals surface area contributed by atoms with Crippen molar-refractivity contribution in [2.45, 2.75) is 26.2 Å². The molecule has 0 aromatic carbocycles. The van der Waals surface area contributed by atoms with Crippen LogP contribution in [-0.4, -0.2) is 49.0 Å². The van der Waals surface area contributed by atoms with Crippen LogP contribution in [0.3, 0.4) is 0 Å². The quantitative estimate of drug-likeness (QED) is 0.720. The zero-order valence-corrected chi connectivity index (χ0v) is 11.3. The number of hydrogen-bond donors (Lipinski definition) is 1. The first-order valence-corrected chi connectivity index (χ1v) is 7.43. The number of nitrogens with one attached hydrogen (secondary N) is 1. The lowest BCUT2D eigenvalue weighted by atomic mass is 9.97. The molecule has 0 aromatic rings. The van der Waals surface area contributed by atoms with Gasteiger partial charge in [0.2, 0.25) is 5.91 Å². The molecule has 1 heterocycles. The Hall–Kier alpha value is -0.220. The molecule has 3 nitrogen and oxygen atoms in total. The number of hydrogen-bond acceptors (Lipinski definition) is 3. The molecule has 94 valence electrons. The van der Waals surface area contributed by atoms with Crippen molar-refractivity contribution in [3.8, 4) is 0 Å². The maximum absolute atomic E-state index is 11.8. The van der Waals surface area contributed by atoms with Gasteiger partial charge in [0.05, 0.1) is 5.75 Å². The average molecular weight is 244 g/mol. The number of thioether (sulfide) groups is 1. The third-order valence-corrected chi connectivity index (χ3v) is 4.18. The standard InChI is InChI=1S/C12H24N2OS/c1-3-8-16-10-12(15)14-6-4-11(5-7-14)9-13-2/h11,13H,3-10H2,1-2H3. The van der Waals surface area contributed by atoms with E-state index in [9.17, 15) is 4.79 Å². The Labute approximate surface area is 103 Å². The fraction of sp³-hybridized carbons (Fsp3) is 0.917. The van der Waals surface area contributed by atoms with Crippen LogP contribution in [0.2, 0.25) is 0 Å². The minimum absolute atomic E-state index is 0.335. The lowest BCUT2D eigenvalue weighted by Gasteiger charge is -2.31. The second-order valence-electron chi connectivity index (χ2n) is 4.43. The molecular formula is C12H24N2OS. The van der Waals surface area contributed by atoms with Crippen molar-refractivity contribution in [3.05, 3.63) is 0 Å². The van der Waals surface area contributed by atoms with Gasteiger partial charge in [0.25, 0.3) is 0 Å². The molecule has 0 spiro atoms. The van der Waals surface area contributed by atoms with Crippen molar-refractivity contribution < 1.29 is 4.79 Å². The van der Waals surface area contributed by atoms with E-state index >= 15 is 0 Å². The fourth-order valence-electron chi connectivity index (χ4n) is 2.07. The largest absolute Gasteiger partial charge is 0.342 e. The van der Waals surface area contributed by atoms with Gasteiger partial charge in [-0.3, -0.25) is 4.79 Å². The smallest absolute Gasteiger partial charge is 0.232 e. The summed E-state index contributed by atoms with van der Waals surface area (Å²) in [4.78, 5) is 13.9. The molecule has 16 heavy (non-hydrogen) atoms. The highest BCUT2D eigenvalue weighted by Crippen LogP contribution is 2.17. The van der Waals surface area contributed by atoms with Crippen LogP contribution in [0.15, 0.2) is 0 Å². The van der Waals surface area contributed by atoms with Crippen molar-refractivity contribution in [2.75, 3.05) is 38.2 Å². The molecule has 1 fully saturated rings. The van der Waals surface area contributed by atoms with Crippen molar-refractivity contribution >= 4 is 17.7 Å². The summed E-state index contributed by atoms with van der Waals surface area (Å²) in [6.07, 6.45) is 3.47. The molecule has 0 atom stereocenters. The van der Waals surface area contributed by atoms with Crippen molar-refractivity contribution in [1.29, 1.82) is 0 Å². The van der Waals surface area contributed by atoms with Crippen LogP contribution in [0, 0.1) is 5.92 Å². The van der Waals surface area contributed by atoms with Crippen molar-refractivity contribution in [3.63, 3.8) is 0 Å². The van der Waals surface area contributed by atoms with Gasteiger partial charge in [-0.05, 0) is 44.5 Å². The topological polar surface area (TPSA) is 32.3 Å². The van der Waals surface area contributed by atoms with Gasteiger partial charge in [0.1, 0.15) is 0 Å². The van der Waals surface area contributed by atoms with Crippen molar-refractivity contribution in [1.82, 2.24) is 10.2 Å². The van der Waals surface area contributed by atoms with E-state index in [0.717, 1.165) is 50.6 Å². The third kappa shape index (κ3) is 4.74. The normalized spacial score (nSPS) is 17.8. The fourth-order valence-corrected chi connectivity index (χ4v) is 2.86. The Kier molecular flexibility index (Phi) is 6.88. The Balaban J connectivity index is 2.17. The highest BCUT2D eigenvalue weighted by Gasteiger charge is 2.21. The van der Waals surface area contributed by atoms with Gasteiger partial charge in [-0.15, -0.1) is 0 Å². The predicted octanol–water partition coefficient (Wildman–Crippen LogP) is 1.59. The number of carbonyl (C=O) groups excluding carboxylic acids is 1. The molecular weight excluding hydrogens is 220 g/mol. The van der Waals surface area contributed by atoms with Gasteiger partial charge in [0, 0.05) is 13.1 Å². The van der Waals surface area contributed by atoms with E-state index in [1.54, 1.807) is 11.8 Å². The van der Waals surface area contributed by atoms with Crippen molar-refractivity contribution in [2.24, 2.45) is 5.92 Å². The summed E-state index contributed by atoms with van der Waals surface area (Å²) < 4.78 is 0. The summed E-state index contributed by atoms with van der Waals surface area (Å²) in [6.45, 7) is 5.16. The van der Waals surface area contributed by atoms with E-state index in [2.05, 4.69) is 12.2 Å². The van der Waals surface area contributed by atoms with Crippen LogP contribution < -0.4 is 5.32 Å². The maximum atomic E-state index is 11.8. The van der Waals surface area contributed by atoms with Gasteiger partial charge in [0.15, 0.2) is 0 Å². The summed E-state index contributed by atoms with van der Waals surface area (Å²) in [5.41, 5.74) is 0. The minimum Gasteiger partial charge on any atom is -0.342 e. The number of nitrogens with zero attached hydrogens (tertiary/aromatic N) is 1. The molecule has 1 aliphatic rings. The van der Waals surface area contributed by atoms with Crippen LogP contribution in [0.5, 0.6) is 0 Å². The number of rotatable bonds is 6. The molecule has 0 aliphatic carbocycles. The molecule has 1 saturated heterocycles. The first-order chi connectivity index (χ1) is 7.77. The lowest BCUT2D eigenvalue weighted by Crippen LogP contribution is -2.41. The highest BCUT2D eigenvalue weighted by molar-refractivity contribution is 7.99. The highest BCUT2D eigenvalue weighted by atomic mass is 32.2. The van der Waals surface area contributed by atoms with Gasteiger partial charge in [-0.25, -0.2) is 0 Å². The molecule has 0 aromatic heterocycles.